The molecular weight excluding hydrogens is 270 g/mol. The van der Waals surface area contributed by atoms with Gasteiger partial charge in [0, 0.05) is 12.0 Å². The Kier molecular flexibility index (Phi) is 6.72. The highest BCUT2D eigenvalue weighted by Crippen LogP contribution is 2.24. The number of aromatic carboxylic acids is 1. The Morgan fingerprint density at radius 2 is 1.86 bits per heavy atom. The summed E-state index contributed by atoms with van der Waals surface area (Å²) in [5.74, 6) is -0.782. The van der Waals surface area contributed by atoms with Crippen molar-refractivity contribution in [1.29, 1.82) is 0 Å². The Bertz CT molecular complexity index is 493. The second-order valence-corrected chi connectivity index (χ2v) is 4.98. The molecular formula is C16H23NO4. The van der Waals surface area contributed by atoms with E-state index >= 15 is 0 Å². The van der Waals surface area contributed by atoms with E-state index in [0.717, 1.165) is 25.7 Å². The summed E-state index contributed by atoms with van der Waals surface area (Å²) >= 11 is 0. The number of hydrogen-bond donors (Lipinski definition) is 2. The molecule has 1 rings (SSSR count). The molecule has 0 atom stereocenters. The van der Waals surface area contributed by atoms with E-state index in [2.05, 4.69) is 5.32 Å². The van der Waals surface area contributed by atoms with E-state index in [1.54, 1.807) is 6.07 Å². The zero-order chi connectivity index (χ0) is 15.8. The van der Waals surface area contributed by atoms with Gasteiger partial charge in [0.25, 0.3) is 0 Å². The Hall–Kier alpha value is -2.04. The molecule has 0 saturated heterocycles. The summed E-state index contributed by atoms with van der Waals surface area (Å²) in [6.45, 7) is 4.06. The van der Waals surface area contributed by atoms with Crippen LogP contribution < -0.4 is 10.1 Å². The zero-order valence-corrected chi connectivity index (χ0v) is 12.8. The van der Waals surface area contributed by atoms with Crippen LogP contribution >= 0.6 is 0 Å². The summed E-state index contributed by atoms with van der Waals surface area (Å²) in [6.07, 6.45) is 3.43. The van der Waals surface area contributed by atoms with Crippen LogP contribution in [0.2, 0.25) is 0 Å². The topological polar surface area (TPSA) is 75.6 Å². The first kappa shape index (κ1) is 17.0. The number of carbonyl (C=O) groups is 2. The standard InChI is InChI=1S/C16H23NO4/c1-4-6-11(7-5-2)15(18)17-14-10-12(21-3)8-9-13(14)16(19)20/h8-11H,4-7H2,1-3H3,(H,17,18)(H,19,20). The van der Waals surface area contributed by atoms with Crippen LogP contribution in [0.3, 0.4) is 0 Å². The second kappa shape index (κ2) is 8.29. The van der Waals surface area contributed by atoms with Gasteiger partial charge in [0.2, 0.25) is 5.91 Å². The Morgan fingerprint density at radius 1 is 1.24 bits per heavy atom. The minimum absolute atomic E-state index is 0.0656. The van der Waals surface area contributed by atoms with E-state index in [0.29, 0.717) is 5.75 Å². The normalized spacial score (nSPS) is 10.5. The number of anilines is 1. The Labute approximate surface area is 125 Å². The van der Waals surface area contributed by atoms with Crippen molar-refractivity contribution in [2.75, 3.05) is 12.4 Å². The second-order valence-electron chi connectivity index (χ2n) is 4.98. The highest BCUT2D eigenvalue weighted by atomic mass is 16.5. The molecule has 5 nitrogen and oxygen atoms in total. The van der Waals surface area contributed by atoms with Gasteiger partial charge in [-0.15, -0.1) is 0 Å². The molecule has 0 aliphatic carbocycles. The molecule has 1 amide bonds. The van der Waals surface area contributed by atoms with Crippen LogP contribution in [0.1, 0.15) is 49.9 Å². The molecule has 1 aromatic carbocycles. The lowest BCUT2D eigenvalue weighted by molar-refractivity contribution is -0.120. The maximum Gasteiger partial charge on any atom is 0.337 e. The number of nitrogens with one attached hydrogen (secondary N) is 1. The highest BCUT2D eigenvalue weighted by molar-refractivity contribution is 6.01. The van der Waals surface area contributed by atoms with Crippen LogP contribution in [-0.2, 0) is 4.79 Å². The average Bonchev–Trinajstić information content (AvgIpc) is 2.46. The highest BCUT2D eigenvalue weighted by Gasteiger charge is 2.19. The number of benzene rings is 1. The summed E-state index contributed by atoms with van der Waals surface area (Å²) in [5.41, 5.74) is 0.347. The van der Waals surface area contributed by atoms with Gasteiger partial charge in [0.15, 0.2) is 0 Å². The van der Waals surface area contributed by atoms with Crippen molar-refractivity contribution in [1.82, 2.24) is 0 Å². The number of hydrogen-bond acceptors (Lipinski definition) is 3. The fourth-order valence-electron chi connectivity index (χ4n) is 2.28. The van der Waals surface area contributed by atoms with Gasteiger partial charge in [-0.2, -0.15) is 0 Å². The molecule has 0 heterocycles. The minimum Gasteiger partial charge on any atom is -0.497 e. The summed E-state index contributed by atoms with van der Waals surface area (Å²) < 4.78 is 5.08. The number of methoxy groups -OCH3 is 1. The van der Waals surface area contributed by atoms with Crippen LogP contribution in [0.25, 0.3) is 0 Å². The van der Waals surface area contributed by atoms with Gasteiger partial charge in [-0.1, -0.05) is 26.7 Å². The number of rotatable bonds is 8. The van der Waals surface area contributed by atoms with E-state index in [4.69, 9.17) is 4.74 Å². The maximum atomic E-state index is 12.3. The Balaban J connectivity index is 2.98. The van der Waals surface area contributed by atoms with E-state index in [1.807, 2.05) is 13.8 Å². The first-order valence-electron chi connectivity index (χ1n) is 7.25. The van der Waals surface area contributed by atoms with E-state index in [1.165, 1.54) is 19.2 Å². The first-order valence-corrected chi connectivity index (χ1v) is 7.25. The molecule has 0 aliphatic heterocycles. The van der Waals surface area contributed by atoms with Gasteiger partial charge in [-0.25, -0.2) is 4.79 Å². The van der Waals surface area contributed by atoms with Gasteiger partial charge < -0.3 is 15.2 Å². The summed E-state index contributed by atoms with van der Waals surface area (Å²) in [4.78, 5) is 23.6. The Morgan fingerprint density at radius 3 is 2.33 bits per heavy atom. The van der Waals surface area contributed by atoms with Gasteiger partial charge in [-0.3, -0.25) is 4.79 Å². The quantitative estimate of drug-likeness (QED) is 0.768. The minimum atomic E-state index is -1.07. The largest absolute Gasteiger partial charge is 0.497 e. The van der Waals surface area contributed by atoms with Crippen molar-refractivity contribution < 1.29 is 19.4 Å². The van der Waals surface area contributed by atoms with Gasteiger partial charge >= 0.3 is 5.97 Å². The third-order valence-corrected chi connectivity index (χ3v) is 3.36. The van der Waals surface area contributed by atoms with Gasteiger partial charge in [0.05, 0.1) is 18.4 Å². The molecule has 2 N–H and O–H groups in total. The third kappa shape index (κ3) is 4.77. The van der Waals surface area contributed by atoms with Crippen LogP contribution in [0.15, 0.2) is 18.2 Å². The molecule has 0 radical (unpaired) electrons. The van der Waals surface area contributed by atoms with Crippen molar-refractivity contribution in [3.05, 3.63) is 23.8 Å². The molecule has 0 aliphatic rings. The van der Waals surface area contributed by atoms with Crippen molar-refractivity contribution in [2.24, 2.45) is 5.92 Å². The van der Waals surface area contributed by atoms with Gasteiger partial charge in [0.1, 0.15) is 5.75 Å². The summed E-state index contributed by atoms with van der Waals surface area (Å²) in [7, 11) is 1.50. The van der Waals surface area contributed by atoms with E-state index in [-0.39, 0.29) is 23.1 Å². The summed E-state index contributed by atoms with van der Waals surface area (Å²) in [5, 5.41) is 11.9. The predicted octanol–water partition coefficient (Wildman–Crippen LogP) is 3.55. The SMILES string of the molecule is CCCC(CCC)C(=O)Nc1cc(OC)ccc1C(=O)O. The molecule has 116 valence electrons. The molecule has 1 aromatic rings. The zero-order valence-electron chi connectivity index (χ0n) is 12.8. The van der Waals surface area contributed by atoms with Crippen LogP contribution in [0, 0.1) is 5.92 Å². The molecule has 0 fully saturated rings. The predicted molar refractivity (Wildman–Crippen MR) is 81.9 cm³/mol. The van der Waals surface area contributed by atoms with Crippen molar-refractivity contribution in [3.63, 3.8) is 0 Å². The smallest absolute Gasteiger partial charge is 0.337 e. The molecule has 0 aromatic heterocycles. The average molecular weight is 293 g/mol. The van der Waals surface area contributed by atoms with Crippen LogP contribution in [0.5, 0.6) is 5.75 Å². The summed E-state index contributed by atoms with van der Waals surface area (Å²) in [6, 6.07) is 4.54. The third-order valence-electron chi connectivity index (χ3n) is 3.36. The van der Waals surface area contributed by atoms with E-state index < -0.39 is 5.97 Å². The maximum absolute atomic E-state index is 12.3. The molecule has 5 heteroatoms. The number of ether oxygens (including phenoxy) is 1. The lowest BCUT2D eigenvalue weighted by Crippen LogP contribution is -2.24. The number of amides is 1. The van der Waals surface area contributed by atoms with Crippen LogP contribution in [0.4, 0.5) is 5.69 Å². The van der Waals surface area contributed by atoms with Crippen molar-refractivity contribution in [2.45, 2.75) is 39.5 Å². The number of carboxylic acids is 1. The number of carboxylic acid groups (broad SMARTS) is 1. The fraction of sp³-hybridized carbons (Fsp3) is 0.500. The molecule has 0 unspecified atom stereocenters. The lowest BCUT2D eigenvalue weighted by Gasteiger charge is -2.16. The first-order chi connectivity index (χ1) is 10.0. The molecule has 0 saturated carbocycles. The fourth-order valence-corrected chi connectivity index (χ4v) is 2.28. The van der Waals surface area contributed by atoms with E-state index in [9.17, 15) is 14.7 Å². The van der Waals surface area contributed by atoms with Crippen LogP contribution in [-0.4, -0.2) is 24.1 Å². The number of carbonyl (C=O) groups excluding carboxylic acids is 1. The monoisotopic (exact) mass is 293 g/mol. The molecule has 0 spiro atoms. The van der Waals surface area contributed by atoms with Gasteiger partial charge in [-0.05, 0) is 25.0 Å². The van der Waals surface area contributed by atoms with Crippen molar-refractivity contribution >= 4 is 17.6 Å². The molecule has 21 heavy (non-hydrogen) atoms. The van der Waals surface area contributed by atoms with Crippen molar-refractivity contribution in [3.8, 4) is 5.75 Å². The molecule has 0 bridgehead atoms. The lowest BCUT2D eigenvalue weighted by atomic mass is 9.97.